The lowest BCUT2D eigenvalue weighted by atomic mass is 10.3. The average Bonchev–Trinajstić information content (AvgIpc) is 2.99. The van der Waals surface area contributed by atoms with E-state index in [2.05, 4.69) is 5.10 Å². The van der Waals surface area contributed by atoms with Gasteiger partial charge in [-0.2, -0.15) is 5.10 Å². The molecule has 1 amide bonds. The Kier molecular flexibility index (Phi) is 2.61. The van der Waals surface area contributed by atoms with Gasteiger partial charge >= 0.3 is 0 Å². The first-order valence-corrected chi connectivity index (χ1v) is 5.63. The predicted octanol–water partition coefficient (Wildman–Crippen LogP) is 1.28. The molecule has 1 saturated carbocycles. The van der Waals surface area contributed by atoms with E-state index in [9.17, 15) is 4.79 Å². The van der Waals surface area contributed by atoms with Crippen molar-refractivity contribution in [1.29, 1.82) is 0 Å². The van der Waals surface area contributed by atoms with Crippen LogP contribution in [0.4, 0.5) is 5.82 Å². The summed E-state index contributed by atoms with van der Waals surface area (Å²) < 4.78 is 1.67. The zero-order chi connectivity index (χ0) is 11.9. The monoisotopic (exact) mass is 222 g/mol. The smallest absolute Gasteiger partial charge is 0.274 e. The molecule has 0 unspecified atom stereocenters. The van der Waals surface area contributed by atoms with Crippen molar-refractivity contribution in [2.45, 2.75) is 38.8 Å². The zero-order valence-corrected chi connectivity index (χ0v) is 9.97. The van der Waals surface area contributed by atoms with Crippen molar-refractivity contribution >= 4 is 11.7 Å². The number of aromatic nitrogens is 2. The number of nitrogens with zero attached hydrogens (tertiary/aromatic N) is 3. The van der Waals surface area contributed by atoms with Crippen molar-refractivity contribution in [3.8, 4) is 0 Å². The second-order valence-corrected chi connectivity index (χ2v) is 4.64. The van der Waals surface area contributed by atoms with E-state index in [1.54, 1.807) is 15.6 Å². The SMILES string of the molecule is CC(C)n1nc(C(=O)N(C)C2CC2)cc1N. The van der Waals surface area contributed by atoms with E-state index in [0.717, 1.165) is 12.8 Å². The highest BCUT2D eigenvalue weighted by Gasteiger charge is 2.31. The second kappa shape index (κ2) is 3.81. The molecule has 1 fully saturated rings. The minimum atomic E-state index is -0.0337. The van der Waals surface area contributed by atoms with Crippen LogP contribution in [-0.2, 0) is 0 Å². The normalized spacial score (nSPS) is 15.5. The molecule has 0 aliphatic heterocycles. The summed E-state index contributed by atoms with van der Waals surface area (Å²) in [7, 11) is 1.82. The Balaban J connectivity index is 2.20. The molecule has 0 radical (unpaired) electrons. The lowest BCUT2D eigenvalue weighted by Crippen LogP contribution is -2.29. The molecule has 5 heteroatoms. The van der Waals surface area contributed by atoms with E-state index < -0.39 is 0 Å². The Morgan fingerprint density at radius 1 is 1.62 bits per heavy atom. The maximum absolute atomic E-state index is 12.0. The van der Waals surface area contributed by atoms with Crippen molar-refractivity contribution in [2.24, 2.45) is 0 Å². The number of rotatable bonds is 3. The molecule has 16 heavy (non-hydrogen) atoms. The van der Waals surface area contributed by atoms with E-state index in [0.29, 0.717) is 17.6 Å². The molecule has 88 valence electrons. The molecule has 0 spiro atoms. The Bertz CT molecular complexity index is 406. The molecule has 0 bridgehead atoms. The van der Waals surface area contributed by atoms with E-state index in [4.69, 9.17) is 5.73 Å². The van der Waals surface area contributed by atoms with Gasteiger partial charge in [0.25, 0.3) is 5.91 Å². The van der Waals surface area contributed by atoms with Crippen LogP contribution in [0.2, 0.25) is 0 Å². The van der Waals surface area contributed by atoms with Crippen LogP contribution in [0.15, 0.2) is 6.07 Å². The van der Waals surface area contributed by atoms with Crippen LogP contribution in [0.5, 0.6) is 0 Å². The molecular weight excluding hydrogens is 204 g/mol. The minimum Gasteiger partial charge on any atom is -0.384 e. The maximum Gasteiger partial charge on any atom is 0.274 e. The van der Waals surface area contributed by atoms with E-state index >= 15 is 0 Å². The van der Waals surface area contributed by atoms with E-state index in [1.807, 2.05) is 20.9 Å². The first kappa shape index (κ1) is 11.0. The Morgan fingerprint density at radius 2 is 2.25 bits per heavy atom. The number of carbonyl (C=O) groups is 1. The van der Waals surface area contributed by atoms with Crippen LogP contribution >= 0.6 is 0 Å². The molecule has 1 heterocycles. The summed E-state index contributed by atoms with van der Waals surface area (Å²) in [6.45, 7) is 3.98. The number of nitrogens with two attached hydrogens (primary N) is 1. The topological polar surface area (TPSA) is 64.2 Å². The molecular formula is C11H18N4O. The number of hydrogen-bond donors (Lipinski definition) is 1. The number of hydrogen-bond acceptors (Lipinski definition) is 3. The quantitative estimate of drug-likeness (QED) is 0.838. The van der Waals surface area contributed by atoms with Gasteiger partial charge in [-0.05, 0) is 26.7 Å². The minimum absolute atomic E-state index is 0.0337. The van der Waals surface area contributed by atoms with Gasteiger partial charge in [0.1, 0.15) is 5.82 Å². The van der Waals surface area contributed by atoms with E-state index in [-0.39, 0.29) is 11.9 Å². The third-order valence-electron chi connectivity index (χ3n) is 2.89. The highest BCUT2D eigenvalue weighted by atomic mass is 16.2. The summed E-state index contributed by atoms with van der Waals surface area (Å²) in [5.74, 6) is 0.510. The van der Waals surface area contributed by atoms with Crippen LogP contribution in [0.1, 0.15) is 43.2 Å². The first-order valence-electron chi connectivity index (χ1n) is 5.63. The largest absolute Gasteiger partial charge is 0.384 e. The number of nitrogen functional groups attached to an aromatic ring is 1. The van der Waals surface area contributed by atoms with Crippen LogP contribution in [0.25, 0.3) is 0 Å². The van der Waals surface area contributed by atoms with Crippen molar-refractivity contribution in [2.75, 3.05) is 12.8 Å². The van der Waals surface area contributed by atoms with Gasteiger partial charge in [0.2, 0.25) is 0 Å². The predicted molar refractivity (Wildman–Crippen MR) is 62.1 cm³/mol. The molecule has 1 aromatic heterocycles. The summed E-state index contributed by atoms with van der Waals surface area (Å²) >= 11 is 0. The lowest BCUT2D eigenvalue weighted by molar-refractivity contribution is 0.0778. The Labute approximate surface area is 95.2 Å². The fraction of sp³-hybridized carbons (Fsp3) is 0.636. The third kappa shape index (κ3) is 1.89. The van der Waals surface area contributed by atoms with E-state index in [1.165, 1.54) is 0 Å². The van der Waals surface area contributed by atoms with Gasteiger partial charge in [0, 0.05) is 25.2 Å². The molecule has 5 nitrogen and oxygen atoms in total. The number of anilines is 1. The second-order valence-electron chi connectivity index (χ2n) is 4.64. The molecule has 0 aromatic carbocycles. The van der Waals surface area contributed by atoms with Gasteiger partial charge in [-0.3, -0.25) is 4.79 Å². The fourth-order valence-corrected chi connectivity index (χ4v) is 1.74. The van der Waals surface area contributed by atoms with Gasteiger partial charge < -0.3 is 10.6 Å². The van der Waals surface area contributed by atoms with Gasteiger partial charge in [-0.15, -0.1) is 0 Å². The summed E-state index contributed by atoms with van der Waals surface area (Å²) in [6.07, 6.45) is 2.20. The summed E-state index contributed by atoms with van der Waals surface area (Å²) in [5.41, 5.74) is 6.25. The Hall–Kier alpha value is -1.52. The molecule has 1 aliphatic carbocycles. The standard InChI is InChI=1S/C11H18N4O/c1-7(2)15-10(12)6-9(13-15)11(16)14(3)8-4-5-8/h6-8H,4-5,12H2,1-3H3. The summed E-state index contributed by atoms with van der Waals surface area (Å²) in [6, 6.07) is 2.23. The van der Waals surface area contributed by atoms with Crippen molar-refractivity contribution in [3.05, 3.63) is 11.8 Å². The van der Waals surface area contributed by atoms with Crippen molar-refractivity contribution in [3.63, 3.8) is 0 Å². The van der Waals surface area contributed by atoms with Crippen LogP contribution in [-0.4, -0.2) is 33.7 Å². The van der Waals surface area contributed by atoms with Gasteiger partial charge in [-0.25, -0.2) is 4.68 Å². The lowest BCUT2D eigenvalue weighted by Gasteiger charge is -2.14. The fourth-order valence-electron chi connectivity index (χ4n) is 1.74. The Morgan fingerprint density at radius 3 is 2.69 bits per heavy atom. The molecule has 0 atom stereocenters. The van der Waals surface area contributed by atoms with Crippen LogP contribution in [0.3, 0.4) is 0 Å². The third-order valence-corrected chi connectivity index (χ3v) is 2.89. The van der Waals surface area contributed by atoms with Crippen molar-refractivity contribution < 1.29 is 4.79 Å². The molecule has 1 aliphatic rings. The average molecular weight is 222 g/mol. The van der Waals surface area contributed by atoms with Crippen molar-refractivity contribution in [1.82, 2.24) is 14.7 Å². The number of amides is 1. The highest BCUT2D eigenvalue weighted by molar-refractivity contribution is 5.93. The zero-order valence-electron chi connectivity index (χ0n) is 9.97. The number of carbonyl (C=O) groups excluding carboxylic acids is 1. The maximum atomic E-state index is 12.0. The highest BCUT2D eigenvalue weighted by Crippen LogP contribution is 2.26. The van der Waals surface area contributed by atoms with Gasteiger partial charge in [0.05, 0.1) is 0 Å². The molecule has 2 N–H and O–H groups in total. The summed E-state index contributed by atoms with van der Waals surface area (Å²) in [4.78, 5) is 13.8. The summed E-state index contributed by atoms with van der Waals surface area (Å²) in [5, 5.41) is 4.24. The molecule has 2 rings (SSSR count). The van der Waals surface area contributed by atoms with Crippen LogP contribution in [0, 0.1) is 0 Å². The first-order chi connectivity index (χ1) is 7.50. The van der Waals surface area contributed by atoms with Gasteiger partial charge in [-0.1, -0.05) is 0 Å². The van der Waals surface area contributed by atoms with Gasteiger partial charge in [0.15, 0.2) is 5.69 Å². The van der Waals surface area contributed by atoms with Crippen LogP contribution < -0.4 is 5.73 Å². The molecule has 1 aromatic rings. The molecule has 0 saturated heterocycles.